The van der Waals surface area contributed by atoms with Crippen LogP contribution in [0, 0.1) is 5.92 Å². The van der Waals surface area contributed by atoms with Crippen LogP contribution >= 0.6 is 11.3 Å². The second kappa shape index (κ2) is 6.33. The van der Waals surface area contributed by atoms with Crippen molar-refractivity contribution in [2.24, 2.45) is 5.92 Å². The van der Waals surface area contributed by atoms with Crippen molar-refractivity contribution >= 4 is 27.5 Å². The zero-order chi connectivity index (χ0) is 14.7. The van der Waals surface area contributed by atoms with Gasteiger partial charge in [0.15, 0.2) is 0 Å². The first kappa shape index (κ1) is 14.9. The minimum Gasteiger partial charge on any atom is -0.468 e. The van der Waals surface area contributed by atoms with E-state index in [1.54, 1.807) is 11.3 Å². The molecule has 1 N–H and O–H groups in total. The Labute approximate surface area is 123 Å². The van der Waals surface area contributed by atoms with Crippen molar-refractivity contribution in [3.63, 3.8) is 0 Å². The monoisotopic (exact) mass is 292 g/mol. The maximum absolute atomic E-state index is 11.8. The van der Waals surface area contributed by atoms with Crippen LogP contribution < -0.4 is 5.32 Å². The Kier molecular flexibility index (Phi) is 4.73. The Morgan fingerprint density at radius 3 is 2.60 bits per heavy atom. The molecule has 0 aliphatic heterocycles. The summed E-state index contributed by atoms with van der Waals surface area (Å²) in [7, 11) is 1.42. The zero-order valence-corrected chi connectivity index (χ0v) is 13.0. The van der Waals surface area contributed by atoms with E-state index in [2.05, 4.69) is 16.4 Å². The van der Waals surface area contributed by atoms with Gasteiger partial charge in [0.2, 0.25) is 0 Å². The Bertz CT molecular complexity index is 561. The lowest BCUT2D eigenvalue weighted by Crippen LogP contribution is -2.42. The molecule has 20 heavy (non-hydrogen) atoms. The first-order chi connectivity index (χ1) is 9.52. The SMILES string of the molecule is COC(=O)[C@@H](NC(C)c1nc2ccccc2s1)C(C)C. The Hall–Kier alpha value is -1.46. The van der Waals surface area contributed by atoms with Crippen molar-refractivity contribution < 1.29 is 9.53 Å². The van der Waals surface area contributed by atoms with Crippen LogP contribution in [0.2, 0.25) is 0 Å². The molecule has 5 heteroatoms. The maximum Gasteiger partial charge on any atom is 0.323 e. The van der Waals surface area contributed by atoms with Gasteiger partial charge in [-0.2, -0.15) is 0 Å². The van der Waals surface area contributed by atoms with Crippen molar-refractivity contribution in [1.29, 1.82) is 0 Å². The topological polar surface area (TPSA) is 51.2 Å². The second-order valence-corrected chi connectivity index (χ2v) is 6.22. The highest BCUT2D eigenvalue weighted by Crippen LogP contribution is 2.26. The number of esters is 1. The summed E-state index contributed by atoms with van der Waals surface area (Å²) in [6.07, 6.45) is 0. The number of thiazole rings is 1. The molecule has 1 aromatic heterocycles. The molecule has 2 aromatic rings. The highest BCUT2D eigenvalue weighted by Gasteiger charge is 2.25. The number of ether oxygens (including phenoxy) is 1. The first-order valence-electron chi connectivity index (χ1n) is 6.72. The van der Waals surface area contributed by atoms with Crippen molar-refractivity contribution in [1.82, 2.24) is 10.3 Å². The van der Waals surface area contributed by atoms with Crippen LogP contribution in [-0.2, 0) is 9.53 Å². The van der Waals surface area contributed by atoms with E-state index in [4.69, 9.17) is 4.74 Å². The van der Waals surface area contributed by atoms with E-state index in [-0.39, 0.29) is 24.0 Å². The third-order valence-electron chi connectivity index (χ3n) is 3.23. The Balaban J connectivity index is 2.17. The summed E-state index contributed by atoms with van der Waals surface area (Å²) >= 11 is 1.65. The molecule has 2 atom stereocenters. The zero-order valence-electron chi connectivity index (χ0n) is 12.2. The molecular weight excluding hydrogens is 272 g/mol. The normalized spacial score (nSPS) is 14.4. The first-order valence-corrected chi connectivity index (χ1v) is 7.54. The number of para-hydroxylation sites is 1. The molecule has 0 aliphatic rings. The third kappa shape index (κ3) is 3.16. The van der Waals surface area contributed by atoms with E-state index in [0.29, 0.717) is 0 Å². The Morgan fingerprint density at radius 1 is 1.30 bits per heavy atom. The number of benzene rings is 1. The van der Waals surface area contributed by atoms with Gasteiger partial charge in [-0.3, -0.25) is 10.1 Å². The molecule has 0 aliphatic carbocycles. The smallest absolute Gasteiger partial charge is 0.323 e. The van der Waals surface area contributed by atoms with Gasteiger partial charge in [-0.05, 0) is 25.0 Å². The summed E-state index contributed by atoms with van der Waals surface area (Å²) in [5, 5.41) is 4.30. The van der Waals surface area contributed by atoms with Gasteiger partial charge in [0.05, 0.1) is 23.4 Å². The molecule has 0 radical (unpaired) electrons. The van der Waals surface area contributed by atoms with Crippen LogP contribution in [0.3, 0.4) is 0 Å². The number of carbonyl (C=O) groups excluding carboxylic acids is 1. The van der Waals surface area contributed by atoms with Gasteiger partial charge in [0.25, 0.3) is 0 Å². The van der Waals surface area contributed by atoms with E-state index in [1.807, 2.05) is 39.0 Å². The molecule has 0 fully saturated rings. The van der Waals surface area contributed by atoms with Gasteiger partial charge in [0, 0.05) is 0 Å². The highest BCUT2D eigenvalue weighted by atomic mass is 32.1. The average Bonchev–Trinajstić information content (AvgIpc) is 2.87. The van der Waals surface area contributed by atoms with E-state index >= 15 is 0 Å². The van der Waals surface area contributed by atoms with Gasteiger partial charge in [-0.1, -0.05) is 26.0 Å². The maximum atomic E-state index is 11.8. The fourth-order valence-electron chi connectivity index (χ4n) is 2.08. The number of fused-ring (bicyclic) bond motifs is 1. The van der Waals surface area contributed by atoms with Crippen LogP contribution in [0.4, 0.5) is 0 Å². The van der Waals surface area contributed by atoms with Gasteiger partial charge >= 0.3 is 5.97 Å². The minimum atomic E-state index is -0.318. The van der Waals surface area contributed by atoms with Crippen LogP contribution in [-0.4, -0.2) is 24.1 Å². The number of hydrogen-bond acceptors (Lipinski definition) is 5. The lowest BCUT2D eigenvalue weighted by Gasteiger charge is -2.23. The van der Waals surface area contributed by atoms with E-state index in [1.165, 1.54) is 7.11 Å². The molecule has 4 nitrogen and oxygen atoms in total. The number of rotatable bonds is 5. The molecule has 108 valence electrons. The summed E-state index contributed by atoms with van der Waals surface area (Å²) in [4.78, 5) is 16.4. The second-order valence-electron chi connectivity index (χ2n) is 5.15. The highest BCUT2D eigenvalue weighted by molar-refractivity contribution is 7.18. The largest absolute Gasteiger partial charge is 0.468 e. The standard InChI is InChI=1S/C15H20N2O2S/c1-9(2)13(15(18)19-4)16-10(3)14-17-11-7-5-6-8-12(11)20-14/h5-10,13,16H,1-4H3/t10?,13-/m0/s1. The van der Waals surface area contributed by atoms with Gasteiger partial charge in [-0.25, -0.2) is 4.98 Å². The Morgan fingerprint density at radius 2 is 2.00 bits per heavy atom. The molecule has 0 bridgehead atoms. The van der Waals surface area contributed by atoms with Crippen LogP contribution in [0.5, 0.6) is 0 Å². The fraction of sp³-hybridized carbons (Fsp3) is 0.467. The van der Waals surface area contributed by atoms with Crippen molar-refractivity contribution in [2.75, 3.05) is 7.11 Å². The quantitative estimate of drug-likeness (QED) is 0.860. The lowest BCUT2D eigenvalue weighted by atomic mass is 10.0. The van der Waals surface area contributed by atoms with Gasteiger partial charge in [-0.15, -0.1) is 11.3 Å². The number of nitrogens with one attached hydrogen (secondary N) is 1. The van der Waals surface area contributed by atoms with E-state index < -0.39 is 0 Å². The summed E-state index contributed by atoms with van der Waals surface area (Å²) in [5.74, 6) is -0.0627. The van der Waals surface area contributed by atoms with Crippen molar-refractivity contribution in [3.05, 3.63) is 29.3 Å². The number of carbonyl (C=O) groups is 1. The predicted octanol–water partition coefficient (Wildman–Crippen LogP) is 3.14. The molecular formula is C15H20N2O2S. The molecule has 2 rings (SSSR count). The molecule has 1 unspecified atom stereocenters. The minimum absolute atomic E-state index is 0.0129. The van der Waals surface area contributed by atoms with E-state index in [9.17, 15) is 4.79 Å². The molecule has 1 aromatic carbocycles. The number of hydrogen-bond donors (Lipinski definition) is 1. The number of methoxy groups -OCH3 is 1. The molecule has 1 heterocycles. The molecule has 0 saturated carbocycles. The number of nitrogens with zero attached hydrogens (tertiary/aromatic N) is 1. The van der Waals surface area contributed by atoms with Gasteiger partial charge in [0.1, 0.15) is 11.0 Å². The van der Waals surface area contributed by atoms with E-state index in [0.717, 1.165) is 15.2 Å². The van der Waals surface area contributed by atoms with Crippen molar-refractivity contribution in [2.45, 2.75) is 32.9 Å². The average molecular weight is 292 g/mol. The predicted molar refractivity (Wildman–Crippen MR) is 81.8 cm³/mol. The summed E-state index contributed by atoms with van der Waals surface area (Å²) in [6.45, 7) is 6.02. The summed E-state index contributed by atoms with van der Waals surface area (Å²) < 4.78 is 6.01. The summed E-state index contributed by atoms with van der Waals surface area (Å²) in [6, 6.07) is 7.75. The lowest BCUT2D eigenvalue weighted by molar-refractivity contribution is -0.144. The molecule has 0 saturated heterocycles. The van der Waals surface area contributed by atoms with Crippen LogP contribution in [0.15, 0.2) is 24.3 Å². The van der Waals surface area contributed by atoms with Crippen LogP contribution in [0.25, 0.3) is 10.2 Å². The number of aromatic nitrogens is 1. The fourth-order valence-corrected chi connectivity index (χ4v) is 3.05. The van der Waals surface area contributed by atoms with Crippen molar-refractivity contribution in [3.8, 4) is 0 Å². The third-order valence-corrected chi connectivity index (χ3v) is 4.45. The van der Waals surface area contributed by atoms with Gasteiger partial charge < -0.3 is 4.74 Å². The molecule has 0 amide bonds. The summed E-state index contributed by atoms with van der Waals surface area (Å²) in [5.41, 5.74) is 1.00. The van der Waals surface area contributed by atoms with Crippen LogP contribution in [0.1, 0.15) is 31.8 Å². The molecule has 0 spiro atoms.